The Morgan fingerprint density at radius 2 is 1.80 bits per heavy atom. The van der Waals surface area contributed by atoms with E-state index in [1.54, 1.807) is 30.3 Å². The largest absolute Gasteiger partial charge is 0.481 e. The van der Waals surface area contributed by atoms with Crippen molar-refractivity contribution in [3.63, 3.8) is 0 Å². The van der Waals surface area contributed by atoms with Crippen LogP contribution in [0.1, 0.15) is 57.9 Å². The van der Waals surface area contributed by atoms with Crippen molar-refractivity contribution in [1.29, 1.82) is 5.26 Å². The maximum Gasteiger partial charge on any atom is 0.330 e. The summed E-state index contributed by atoms with van der Waals surface area (Å²) in [6.07, 6.45) is 6.90. The first kappa shape index (κ1) is 26.0. The number of carboxylic acids is 1. The maximum absolute atomic E-state index is 12.6. The Morgan fingerprint density at radius 1 is 1.09 bits per heavy atom. The molecule has 0 radical (unpaired) electrons. The number of esters is 1. The first-order valence-corrected chi connectivity index (χ1v) is 12.1. The van der Waals surface area contributed by atoms with Crippen LogP contribution in [-0.4, -0.2) is 23.7 Å². The number of nitriles is 1. The van der Waals surface area contributed by atoms with Crippen LogP contribution in [0.25, 0.3) is 0 Å². The molecule has 0 unspecified atom stereocenters. The van der Waals surface area contributed by atoms with Crippen LogP contribution in [0.3, 0.4) is 0 Å². The number of hydrogen-bond donors (Lipinski definition) is 1. The van der Waals surface area contributed by atoms with E-state index in [4.69, 9.17) is 9.47 Å². The molecular weight excluding hydrogens is 442 g/mol. The van der Waals surface area contributed by atoms with E-state index < -0.39 is 34.6 Å². The minimum atomic E-state index is -1.38. The van der Waals surface area contributed by atoms with Gasteiger partial charge in [-0.1, -0.05) is 76.4 Å². The highest BCUT2D eigenvalue weighted by Gasteiger charge is 2.78. The molecule has 0 aliphatic heterocycles. The monoisotopic (exact) mass is 475 g/mol. The molecule has 0 aromatic heterocycles. The summed E-state index contributed by atoms with van der Waals surface area (Å²) in [6, 6.07) is 18.5. The number of allylic oxidation sites excluding steroid dienone is 1. The van der Waals surface area contributed by atoms with Crippen molar-refractivity contribution in [2.24, 2.45) is 16.7 Å². The van der Waals surface area contributed by atoms with Gasteiger partial charge < -0.3 is 14.6 Å². The number of aliphatic carboxylic acids is 1. The molecule has 0 bridgehead atoms. The second-order valence-corrected chi connectivity index (χ2v) is 9.51. The summed E-state index contributed by atoms with van der Waals surface area (Å²) in [5.74, 6) is -1.84. The van der Waals surface area contributed by atoms with Crippen LogP contribution in [0.4, 0.5) is 0 Å². The van der Waals surface area contributed by atoms with Crippen LogP contribution in [0.5, 0.6) is 11.5 Å². The number of carbonyl (C=O) groups is 2. The number of nitrogens with zero attached hydrogens (tertiary/aromatic N) is 1. The molecule has 6 heteroatoms. The van der Waals surface area contributed by atoms with Gasteiger partial charge in [0.05, 0.1) is 18.6 Å². The van der Waals surface area contributed by atoms with E-state index >= 15 is 0 Å². The Bertz CT molecular complexity index is 1100. The Balaban J connectivity index is 1.80. The first-order chi connectivity index (χ1) is 16.8. The van der Waals surface area contributed by atoms with Crippen molar-refractivity contribution in [3.05, 3.63) is 72.3 Å². The molecule has 6 nitrogen and oxygen atoms in total. The molecule has 0 heterocycles. The molecule has 1 fully saturated rings. The summed E-state index contributed by atoms with van der Waals surface area (Å²) in [5, 5.41) is 20.5. The third-order valence-corrected chi connectivity index (χ3v) is 7.03. The lowest BCUT2D eigenvalue weighted by Gasteiger charge is -2.22. The lowest BCUT2D eigenvalue weighted by Crippen LogP contribution is -2.28. The average Bonchev–Trinajstić information content (AvgIpc) is 3.34. The van der Waals surface area contributed by atoms with Crippen molar-refractivity contribution in [2.45, 2.75) is 52.4 Å². The Morgan fingerprint density at radius 3 is 2.46 bits per heavy atom. The zero-order chi connectivity index (χ0) is 25.5. The molecule has 1 saturated carbocycles. The zero-order valence-electron chi connectivity index (χ0n) is 20.6. The topological polar surface area (TPSA) is 96.6 Å². The highest BCUT2D eigenvalue weighted by atomic mass is 16.5. The molecule has 0 saturated heterocycles. The van der Waals surface area contributed by atoms with Gasteiger partial charge in [0.15, 0.2) is 0 Å². The Hall–Kier alpha value is -3.59. The molecule has 3 atom stereocenters. The smallest absolute Gasteiger partial charge is 0.330 e. The third kappa shape index (κ3) is 5.40. The van der Waals surface area contributed by atoms with Gasteiger partial charge in [0.25, 0.3) is 0 Å². The highest BCUT2D eigenvalue weighted by Crippen LogP contribution is 2.75. The number of para-hydroxylation sites is 1. The van der Waals surface area contributed by atoms with Crippen LogP contribution in [0, 0.1) is 28.1 Å². The van der Waals surface area contributed by atoms with Gasteiger partial charge in [0.1, 0.15) is 16.9 Å². The van der Waals surface area contributed by atoms with Gasteiger partial charge in [0, 0.05) is 12.0 Å². The molecule has 184 valence electrons. The van der Waals surface area contributed by atoms with E-state index in [1.807, 2.05) is 44.2 Å². The molecule has 0 spiro atoms. The molecule has 1 aliphatic rings. The van der Waals surface area contributed by atoms with E-state index in [0.29, 0.717) is 23.7 Å². The van der Waals surface area contributed by atoms with E-state index in [-0.39, 0.29) is 0 Å². The molecule has 3 rings (SSSR count). The molecule has 1 aliphatic carbocycles. The standard InChI is InChI=1S/C29H33NO5/c1-4-5-6-10-18-34-26(31)17-16-25-28(2,3)29(25,27(32)33)24(20-30)21-12-11-15-23(19-21)35-22-13-8-7-9-14-22/h7-9,11-17,19,24-25H,4-6,10,18H2,1-3H3,(H,32,33)/b17-16-/t24-,25-,29+/m0/s1. The summed E-state index contributed by atoms with van der Waals surface area (Å²) >= 11 is 0. The number of rotatable bonds is 12. The van der Waals surface area contributed by atoms with Crippen molar-refractivity contribution in [2.75, 3.05) is 6.61 Å². The SMILES string of the molecule is CCCCCCOC(=O)/C=C\[C@H]1C(C)(C)[C@]1(C(=O)O)[C@@H](C#N)c1cccc(Oc2ccccc2)c1. The molecule has 2 aromatic carbocycles. The number of carbonyl (C=O) groups excluding carboxylic acids is 1. The minimum Gasteiger partial charge on any atom is -0.481 e. The Labute approximate surface area is 207 Å². The van der Waals surface area contributed by atoms with E-state index in [1.165, 1.54) is 6.08 Å². The lowest BCUT2D eigenvalue weighted by molar-refractivity contribution is -0.145. The zero-order valence-corrected chi connectivity index (χ0v) is 20.6. The summed E-state index contributed by atoms with van der Waals surface area (Å²) < 4.78 is 11.1. The fraction of sp³-hybridized carbons (Fsp3) is 0.414. The predicted octanol–water partition coefficient (Wildman–Crippen LogP) is 6.49. The van der Waals surface area contributed by atoms with Crippen molar-refractivity contribution < 1.29 is 24.2 Å². The van der Waals surface area contributed by atoms with Crippen molar-refractivity contribution >= 4 is 11.9 Å². The Kier molecular flexibility index (Phi) is 8.34. The van der Waals surface area contributed by atoms with Gasteiger partial charge in [-0.25, -0.2) is 4.79 Å². The molecule has 1 N–H and O–H groups in total. The fourth-order valence-corrected chi connectivity index (χ4v) is 5.06. The quantitative estimate of drug-likeness (QED) is 0.214. The van der Waals surface area contributed by atoms with Gasteiger partial charge in [0.2, 0.25) is 0 Å². The molecule has 0 amide bonds. The molecular formula is C29H33NO5. The number of benzene rings is 2. The van der Waals surface area contributed by atoms with Crippen LogP contribution in [0.2, 0.25) is 0 Å². The van der Waals surface area contributed by atoms with Gasteiger partial charge in [-0.15, -0.1) is 0 Å². The summed E-state index contributed by atoms with van der Waals surface area (Å²) in [6.45, 7) is 6.10. The maximum atomic E-state index is 12.6. The lowest BCUT2D eigenvalue weighted by atomic mass is 9.78. The van der Waals surface area contributed by atoms with Crippen molar-refractivity contribution in [3.8, 4) is 17.6 Å². The summed E-state index contributed by atoms with van der Waals surface area (Å²) in [5.41, 5.74) is -1.57. The third-order valence-electron chi connectivity index (χ3n) is 7.03. The fourth-order valence-electron chi connectivity index (χ4n) is 5.06. The normalized spacial score (nSPS) is 21.1. The van der Waals surface area contributed by atoms with Gasteiger partial charge in [-0.05, 0) is 41.7 Å². The molecule has 35 heavy (non-hydrogen) atoms. The number of hydrogen-bond acceptors (Lipinski definition) is 5. The summed E-state index contributed by atoms with van der Waals surface area (Å²) in [7, 11) is 0. The van der Waals surface area contributed by atoms with Crippen LogP contribution < -0.4 is 4.74 Å². The van der Waals surface area contributed by atoms with E-state index in [0.717, 1.165) is 25.7 Å². The van der Waals surface area contributed by atoms with Crippen LogP contribution in [-0.2, 0) is 14.3 Å². The van der Waals surface area contributed by atoms with E-state index in [2.05, 4.69) is 13.0 Å². The predicted molar refractivity (Wildman–Crippen MR) is 133 cm³/mol. The van der Waals surface area contributed by atoms with Gasteiger partial charge >= 0.3 is 11.9 Å². The molecule has 2 aromatic rings. The second kappa shape index (κ2) is 11.2. The number of carboxylic acid groups (broad SMARTS) is 1. The van der Waals surface area contributed by atoms with Crippen LogP contribution in [0.15, 0.2) is 66.7 Å². The minimum absolute atomic E-state index is 0.344. The number of unbranched alkanes of at least 4 members (excludes halogenated alkanes) is 3. The van der Waals surface area contributed by atoms with Crippen molar-refractivity contribution in [1.82, 2.24) is 0 Å². The number of ether oxygens (including phenoxy) is 2. The summed E-state index contributed by atoms with van der Waals surface area (Å²) in [4.78, 5) is 24.8. The van der Waals surface area contributed by atoms with Gasteiger partial charge in [-0.2, -0.15) is 5.26 Å². The average molecular weight is 476 g/mol. The highest BCUT2D eigenvalue weighted by molar-refractivity contribution is 5.86. The van der Waals surface area contributed by atoms with Gasteiger partial charge in [-0.3, -0.25) is 4.79 Å². The first-order valence-electron chi connectivity index (χ1n) is 12.1. The van der Waals surface area contributed by atoms with Crippen LogP contribution >= 0.6 is 0 Å². The second-order valence-electron chi connectivity index (χ2n) is 9.51. The van der Waals surface area contributed by atoms with E-state index in [9.17, 15) is 20.0 Å².